The van der Waals surface area contributed by atoms with E-state index in [4.69, 9.17) is 9.40 Å². The predicted molar refractivity (Wildman–Crippen MR) is 121 cm³/mol. The van der Waals surface area contributed by atoms with Crippen LogP contribution >= 0.6 is 0 Å². The number of amides is 1. The molecule has 0 aliphatic rings. The molecule has 0 radical (unpaired) electrons. The lowest BCUT2D eigenvalue weighted by Gasteiger charge is -2.31. The average Bonchev–Trinajstić information content (AvgIpc) is 3.32. The van der Waals surface area contributed by atoms with Gasteiger partial charge in [0, 0.05) is 6.54 Å². The highest BCUT2D eigenvalue weighted by Crippen LogP contribution is 2.27. The zero-order valence-corrected chi connectivity index (χ0v) is 17.9. The molecule has 0 bridgehead atoms. The van der Waals surface area contributed by atoms with E-state index in [9.17, 15) is 9.59 Å². The van der Waals surface area contributed by atoms with Gasteiger partial charge < -0.3 is 9.32 Å². The van der Waals surface area contributed by atoms with Crippen LogP contribution in [-0.2, 0) is 0 Å². The third kappa shape index (κ3) is 3.77. The summed E-state index contributed by atoms with van der Waals surface area (Å²) in [5, 5.41) is 0.544. The molecule has 1 atom stereocenters. The van der Waals surface area contributed by atoms with Gasteiger partial charge in [0.25, 0.3) is 11.5 Å². The van der Waals surface area contributed by atoms with Crippen LogP contribution in [0.2, 0.25) is 0 Å². The van der Waals surface area contributed by atoms with Gasteiger partial charge in [-0.2, -0.15) is 0 Å². The summed E-state index contributed by atoms with van der Waals surface area (Å²) in [7, 11) is 0. The van der Waals surface area contributed by atoms with E-state index in [1.165, 1.54) is 6.26 Å². The van der Waals surface area contributed by atoms with Crippen molar-refractivity contribution in [2.75, 3.05) is 6.54 Å². The largest absolute Gasteiger partial charge is 0.459 e. The number of carbonyl (C=O) groups excluding carboxylic acids is 1. The standard InChI is InChI=1S/C25H25N3O3/c1-4-21(27(5-2)25(30)22-14-9-15-31-22)23-26-20-13-7-6-12-19(20)24(29)28(23)18-11-8-10-17(3)16-18/h6-16,21H,4-5H2,1-3H3. The molecule has 0 aliphatic heterocycles. The van der Waals surface area contributed by atoms with Gasteiger partial charge in [0.05, 0.1) is 28.9 Å². The van der Waals surface area contributed by atoms with Crippen LogP contribution in [0, 0.1) is 6.92 Å². The molecule has 0 aliphatic carbocycles. The van der Waals surface area contributed by atoms with Gasteiger partial charge in [-0.15, -0.1) is 0 Å². The summed E-state index contributed by atoms with van der Waals surface area (Å²) in [6.07, 6.45) is 2.08. The predicted octanol–water partition coefficient (Wildman–Crippen LogP) is 4.90. The molecule has 0 saturated heterocycles. The number of carbonyl (C=O) groups is 1. The Bertz CT molecular complexity index is 1270. The SMILES string of the molecule is CCC(c1nc2ccccc2c(=O)n1-c1cccc(C)c1)N(CC)C(=O)c1ccco1. The van der Waals surface area contributed by atoms with Crippen molar-refractivity contribution in [2.24, 2.45) is 0 Å². The normalized spacial score (nSPS) is 12.1. The van der Waals surface area contributed by atoms with E-state index in [1.807, 2.05) is 63.2 Å². The lowest BCUT2D eigenvalue weighted by Crippen LogP contribution is -2.38. The summed E-state index contributed by atoms with van der Waals surface area (Å²) in [5.41, 5.74) is 2.24. The zero-order valence-electron chi connectivity index (χ0n) is 17.9. The van der Waals surface area contributed by atoms with Crippen molar-refractivity contribution >= 4 is 16.8 Å². The Kier molecular flexibility index (Phi) is 5.71. The van der Waals surface area contributed by atoms with Gasteiger partial charge >= 0.3 is 0 Å². The molecule has 0 spiro atoms. The lowest BCUT2D eigenvalue weighted by molar-refractivity contribution is 0.0639. The number of nitrogens with zero attached hydrogens (tertiary/aromatic N) is 3. The molecule has 0 saturated carbocycles. The Hall–Kier alpha value is -3.67. The minimum Gasteiger partial charge on any atom is -0.459 e. The number of fused-ring (bicyclic) bond motifs is 1. The molecule has 1 amide bonds. The molecule has 2 heterocycles. The van der Waals surface area contributed by atoms with Crippen molar-refractivity contribution in [1.29, 1.82) is 0 Å². The molecule has 4 rings (SSSR count). The van der Waals surface area contributed by atoms with Crippen molar-refractivity contribution in [3.05, 3.63) is 94.4 Å². The number of para-hydroxylation sites is 1. The van der Waals surface area contributed by atoms with E-state index < -0.39 is 6.04 Å². The van der Waals surface area contributed by atoms with Gasteiger partial charge in [-0.3, -0.25) is 14.2 Å². The summed E-state index contributed by atoms with van der Waals surface area (Å²) in [5.74, 6) is 0.585. The highest BCUT2D eigenvalue weighted by atomic mass is 16.3. The topological polar surface area (TPSA) is 68.3 Å². The van der Waals surface area contributed by atoms with Crippen LogP contribution < -0.4 is 5.56 Å². The van der Waals surface area contributed by atoms with Crippen molar-refractivity contribution in [3.8, 4) is 5.69 Å². The molecule has 2 aromatic carbocycles. The summed E-state index contributed by atoms with van der Waals surface area (Å²) < 4.78 is 6.99. The second-order valence-electron chi connectivity index (χ2n) is 7.46. The van der Waals surface area contributed by atoms with Crippen LogP contribution in [0.5, 0.6) is 0 Å². The van der Waals surface area contributed by atoms with Crippen molar-refractivity contribution in [1.82, 2.24) is 14.5 Å². The second-order valence-corrected chi connectivity index (χ2v) is 7.46. The van der Waals surface area contributed by atoms with Crippen LogP contribution in [0.3, 0.4) is 0 Å². The fraction of sp³-hybridized carbons (Fsp3) is 0.240. The smallest absolute Gasteiger partial charge is 0.290 e. The fourth-order valence-corrected chi connectivity index (χ4v) is 3.98. The molecular weight excluding hydrogens is 390 g/mol. The molecule has 6 nitrogen and oxygen atoms in total. The first-order valence-corrected chi connectivity index (χ1v) is 10.5. The first-order valence-electron chi connectivity index (χ1n) is 10.5. The number of benzene rings is 2. The average molecular weight is 415 g/mol. The Balaban J connectivity index is 1.97. The quantitative estimate of drug-likeness (QED) is 0.449. The number of rotatable bonds is 6. The lowest BCUT2D eigenvalue weighted by atomic mass is 10.1. The maximum absolute atomic E-state index is 13.6. The molecule has 31 heavy (non-hydrogen) atoms. The summed E-state index contributed by atoms with van der Waals surface area (Å²) in [6, 6.07) is 18.0. The third-order valence-electron chi connectivity index (χ3n) is 5.46. The van der Waals surface area contributed by atoms with Gasteiger partial charge in [0.15, 0.2) is 5.76 Å². The minimum absolute atomic E-state index is 0.147. The second kappa shape index (κ2) is 8.60. The summed E-state index contributed by atoms with van der Waals surface area (Å²) >= 11 is 0. The Morgan fingerprint density at radius 1 is 1.10 bits per heavy atom. The van der Waals surface area contributed by atoms with Gasteiger partial charge in [-0.1, -0.05) is 31.2 Å². The molecular formula is C25H25N3O3. The van der Waals surface area contributed by atoms with Crippen molar-refractivity contribution in [3.63, 3.8) is 0 Å². The van der Waals surface area contributed by atoms with E-state index >= 15 is 0 Å². The van der Waals surface area contributed by atoms with Crippen molar-refractivity contribution in [2.45, 2.75) is 33.2 Å². The Morgan fingerprint density at radius 3 is 2.58 bits per heavy atom. The van der Waals surface area contributed by atoms with Gasteiger partial charge in [-0.05, 0) is 62.2 Å². The molecule has 1 unspecified atom stereocenters. The van der Waals surface area contributed by atoms with E-state index in [2.05, 4.69) is 0 Å². The van der Waals surface area contributed by atoms with Gasteiger partial charge in [-0.25, -0.2) is 4.98 Å². The third-order valence-corrected chi connectivity index (χ3v) is 5.46. The molecule has 4 aromatic rings. The number of aromatic nitrogens is 2. The van der Waals surface area contributed by atoms with Gasteiger partial charge in [0.1, 0.15) is 5.82 Å². The van der Waals surface area contributed by atoms with Crippen LogP contribution in [-0.4, -0.2) is 26.9 Å². The van der Waals surface area contributed by atoms with Gasteiger partial charge in [0.2, 0.25) is 0 Å². The van der Waals surface area contributed by atoms with E-state index in [0.29, 0.717) is 29.7 Å². The van der Waals surface area contributed by atoms with E-state index in [1.54, 1.807) is 27.7 Å². The highest BCUT2D eigenvalue weighted by Gasteiger charge is 2.29. The maximum atomic E-state index is 13.6. The van der Waals surface area contributed by atoms with E-state index in [-0.39, 0.29) is 17.2 Å². The molecule has 0 fully saturated rings. The van der Waals surface area contributed by atoms with Crippen LogP contribution in [0.1, 0.15) is 48.3 Å². The first kappa shape index (κ1) is 20.6. The highest BCUT2D eigenvalue weighted by molar-refractivity contribution is 5.91. The Labute approximate surface area is 180 Å². The monoisotopic (exact) mass is 415 g/mol. The number of furan rings is 1. The van der Waals surface area contributed by atoms with Crippen LogP contribution in [0.4, 0.5) is 0 Å². The molecule has 6 heteroatoms. The summed E-state index contributed by atoms with van der Waals surface area (Å²) in [6.45, 7) is 6.34. The number of hydrogen-bond donors (Lipinski definition) is 0. The fourth-order valence-electron chi connectivity index (χ4n) is 3.98. The molecule has 2 aromatic heterocycles. The maximum Gasteiger partial charge on any atom is 0.290 e. The zero-order chi connectivity index (χ0) is 22.0. The van der Waals surface area contributed by atoms with Crippen LogP contribution in [0.15, 0.2) is 76.1 Å². The minimum atomic E-state index is -0.402. The van der Waals surface area contributed by atoms with E-state index in [0.717, 1.165) is 11.3 Å². The van der Waals surface area contributed by atoms with Crippen LogP contribution in [0.25, 0.3) is 16.6 Å². The number of aryl methyl sites for hydroxylation is 1. The van der Waals surface area contributed by atoms with Crippen molar-refractivity contribution < 1.29 is 9.21 Å². The summed E-state index contributed by atoms with van der Waals surface area (Å²) in [4.78, 5) is 33.4. The first-order chi connectivity index (χ1) is 15.0. The molecule has 158 valence electrons. The molecule has 0 N–H and O–H groups in total. The Morgan fingerprint density at radius 2 is 1.90 bits per heavy atom. The number of hydrogen-bond acceptors (Lipinski definition) is 4.